The van der Waals surface area contributed by atoms with E-state index >= 15 is 0 Å². The average Bonchev–Trinajstić information content (AvgIpc) is 3.56. The van der Waals surface area contributed by atoms with Crippen LogP contribution in [0.25, 0.3) is 0 Å². The number of carbonyl (C=O) groups is 1. The molecule has 6 heteroatoms. The smallest absolute Gasteiger partial charge is 0.228 e. The first-order valence-corrected chi connectivity index (χ1v) is 12.4. The van der Waals surface area contributed by atoms with Gasteiger partial charge in [0, 0.05) is 11.6 Å². The third-order valence-corrected chi connectivity index (χ3v) is 8.49. The van der Waals surface area contributed by atoms with E-state index in [-0.39, 0.29) is 28.7 Å². The summed E-state index contributed by atoms with van der Waals surface area (Å²) >= 11 is 0. The summed E-state index contributed by atoms with van der Waals surface area (Å²) in [6.45, 7) is 0. The minimum absolute atomic E-state index is 0.0184. The molecule has 2 aliphatic rings. The monoisotopic (exact) mass is 427 g/mol. The number of sulfone groups is 1. The van der Waals surface area contributed by atoms with Crippen molar-refractivity contribution in [3.63, 3.8) is 0 Å². The van der Waals surface area contributed by atoms with Gasteiger partial charge in [0.15, 0.2) is 9.84 Å². The maximum Gasteiger partial charge on any atom is 0.228 e. The molecule has 0 spiro atoms. The summed E-state index contributed by atoms with van der Waals surface area (Å²) in [5, 5.41) is 2.75. The van der Waals surface area contributed by atoms with Crippen LogP contribution in [0.5, 0.6) is 5.75 Å². The lowest BCUT2D eigenvalue weighted by Gasteiger charge is -2.21. The quantitative estimate of drug-likeness (QED) is 0.696. The molecule has 30 heavy (non-hydrogen) atoms. The maximum absolute atomic E-state index is 12.8. The Labute approximate surface area is 178 Å². The first-order chi connectivity index (χ1) is 14.5. The van der Waals surface area contributed by atoms with E-state index in [2.05, 4.69) is 5.32 Å². The van der Waals surface area contributed by atoms with Crippen molar-refractivity contribution < 1.29 is 17.9 Å². The number of rotatable bonds is 7. The molecule has 2 aromatic carbocycles. The second kappa shape index (κ2) is 8.80. The molecule has 0 aromatic heterocycles. The first-order valence-electron chi connectivity index (χ1n) is 10.7. The third-order valence-electron chi connectivity index (χ3n) is 6.27. The minimum Gasteiger partial charge on any atom is -0.497 e. The van der Waals surface area contributed by atoms with Crippen LogP contribution >= 0.6 is 0 Å². The van der Waals surface area contributed by atoms with Crippen molar-refractivity contribution in [1.29, 1.82) is 0 Å². The minimum atomic E-state index is -3.16. The van der Waals surface area contributed by atoms with Gasteiger partial charge in [0.2, 0.25) is 5.91 Å². The molecule has 0 aliphatic heterocycles. The predicted molar refractivity (Wildman–Crippen MR) is 118 cm³/mol. The molecule has 0 bridgehead atoms. The van der Waals surface area contributed by atoms with Gasteiger partial charge in [-0.3, -0.25) is 4.79 Å². The molecule has 1 amide bonds. The topological polar surface area (TPSA) is 72.5 Å². The van der Waals surface area contributed by atoms with E-state index in [0.29, 0.717) is 5.69 Å². The lowest BCUT2D eigenvalue weighted by Crippen LogP contribution is -2.25. The van der Waals surface area contributed by atoms with Gasteiger partial charge in [0.05, 0.1) is 18.1 Å². The van der Waals surface area contributed by atoms with Crippen LogP contribution in [0.4, 0.5) is 5.69 Å². The predicted octanol–water partition coefficient (Wildman–Crippen LogP) is 4.68. The Morgan fingerprint density at radius 2 is 1.83 bits per heavy atom. The third kappa shape index (κ3) is 4.86. The Morgan fingerprint density at radius 3 is 2.60 bits per heavy atom. The summed E-state index contributed by atoms with van der Waals surface area (Å²) in [6, 6.07) is 15.1. The van der Waals surface area contributed by atoms with Crippen molar-refractivity contribution in [1.82, 2.24) is 0 Å². The normalized spacial score (nSPS) is 21.8. The number of carbonyl (C=O) groups excluding carboxylic acids is 1. The average molecular weight is 428 g/mol. The lowest BCUT2D eigenvalue weighted by molar-refractivity contribution is -0.117. The van der Waals surface area contributed by atoms with Crippen LogP contribution in [0, 0.1) is 5.92 Å². The molecular weight excluding hydrogens is 398 g/mol. The van der Waals surface area contributed by atoms with E-state index in [4.69, 9.17) is 4.74 Å². The zero-order chi connectivity index (χ0) is 21.1. The second-order valence-corrected chi connectivity index (χ2v) is 10.8. The number of amides is 1. The van der Waals surface area contributed by atoms with Crippen molar-refractivity contribution >= 4 is 21.4 Å². The van der Waals surface area contributed by atoms with Crippen LogP contribution in [-0.4, -0.2) is 26.7 Å². The van der Waals surface area contributed by atoms with Crippen molar-refractivity contribution in [2.45, 2.75) is 55.4 Å². The van der Waals surface area contributed by atoms with Gasteiger partial charge < -0.3 is 10.1 Å². The molecule has 4 rings (SSSR count). The molecule has 0 saturated heterocycles. The molecule has 160 valence electrons. The van der Waals surface area contributed by atoms with Crippen LogP contribution in [0.2, 0.25) is 0 Å². The van der Waals surface area contributed by atoms with Crippen LogP contribution < -0.4 is 10.1 Å². The Morgan fingerprint density at radius 1 is 1.07 bits per heavy atom. The van der Waals surface area contributed by atoms with Gasteiger partial charge >= 0.3 is 0 Å². The van der Waals surface area contributed by atoms with E-state index in [9.17, 15) is 13.2 Å². The Hall–Kier alpha value is -2.34. The van der Waals surface area contributed by atoms with E-state index in [1.807, 2.05) is 42.5 Å². The maximum atomic E-state index is 12.8. The highest BCUT2D eigenvalue weighted by Crippen LogP contribution is 2.48. The van der Waals surface area contributed by atoms with Gasteiger partial charge in [-0.25, -0.2) is 8.42 Å². The number of methoxy groups -OCH3 is 1. The van der Waals surface area contributed by atoms with E-state index < -0.39 is 9.84 Å². The fourth-order valence-corrected chi connectivity index (χ4v) is 6.40. The molecule has 2 atom stereocenters. The molecule has 2 fully saturated rings. The van der Waals surface area contributed by atoms with E-state index in [1.54, 1.807) is 13.2 Å². The van der Waals surface area contributed by atoms with Gasteiger partial charge in [-0.15, -0.1) is 0 Å². The van der Waals surface area contributed by atoms with Gasteiger partial charge in [-0.05, 0) is 60.6 Å². The van der Waals surface area contributed by atoms with Crippen molar-refractivity contribution in [2.24, 2.45) is 5.92 Å². The summed E-state index contributed by atoms with van der Waals surface area (Å²) in [7, 11) is -1.53. The Kier molecular flexibility index (Phi) is 6.14. The Balaban J connectivity index is 1.38. The molecule has 0 heterocycles. The number of ether oxygens (including phenoxy) is 1. The van der Waals surface area contributed by atoms with Crippen LogP contribution in [-0.2, 0) is 20.4 Å². The lowest BCUT2D eigenvalue weighted by atomic mass is 10.0. The highest BCUT2D eigenvalue weighted by atomic mass is 32.2. The highest BCUT2D eigenvalue weighted by Gasteiger charge is 2.44. The molecule has 2 aliphatic carbocycles. The fourth-order valence-electron chi connectivity index (χ4n) is 4.47. The van der Waals surface area contributed by atoms with Gasteiger partial charge in [0.25, 0.3) is 0 Å². The largest absolute Gasteiger partial charge is 0.497 e. The molecule has 0 radical (unpaired) electrons. The SMILES string of the molecule is COc1cccc(C2CC2C(=O)Nc2cccc(CS(=O)(=O)C3CCCCC3)c2)c1. The van der Waals surface area contributed by atoms with Crippen LogP contribution in [0.15, 0.2) is 48.5 Å². The second-order valence-electron chi connectivity index (χ2n) is 8.48. The van der Waals surface area contributed by atoms with Crippen molar-refractivity contribution in [3.8, 4) is 5.75 Å². The van der Waals surface area contributed by atoms with Crippen molar-refractivity contribution in [2.75, 3.05) is 12.4 Å². The first kappa shape index (κ1) is 20.9. The summed E-state index contributed by atoms with van der Waals surface area (Å²) in [6.07, 6.45) is 5.48. The number of hydrogen-bond donors (Lipinski definition) is 1. The number of benzene rings is 2. The summed E-state index contributed by atoms with van der Waals surface area (Å²) in [5.74, 6) is 0.958. The Bertz CT molecular complexity index is 1010. The fraction of sp³-hybridized carbons (Fsp3) is 0.458. The summed E-state index contributed by atoms with van der Waals surface area (Å²) in [4.78, 5) is 12.7. The number of hydrogen-bond acceptors (Lipinski definition) is 4. The molecule has 2 saturated carbocycles. The van der Waals surface area contributed by atoms with Gasteiger partial charge in [-0.2, -0.15) is 0 Å². The molecule has 5 nitrogen and oxygen atoms in total. The number of nitrogens with one attached hydrogen (secondary N) is 1. The highest BCUT2D eigenvalue weighted by molar-refractivity contribution is 7.91. The summed E-state index contributed by atoms with van der Waals surface area (Å²) < 4.78 is 30.8. The zero-order valence-corrected chi connectivity index (χ0v) is 18.2. The summed E-state index contributed by atoms with van der Waals surface area (Å²) in [5.41, 5.74) is 2.51. The molecule has 1 N–H and O–H groups in total. The molecule has 2 aromatic rings. The van der Waals surface area contributed by atoms with Crippen molar-refractivity contribution in [3.05, 3.63) is 59.7 Å². The van der Waals surface area contributed by atoms with Gasteiger partial charge in [-0.1, -0.05) is 43.5 Å². The van der Waals surface area contributed by atoms with E-state index in [0.717, 1.165) is 55.4 Å². The number of anilines is 1. The van der Waals surface area contributed by atoms with Crippen LogP contribution in [0.3, 0.4) is 0 Å². The van der Waals surface area contributed by atoms with Gasteiger partial charge in [0.1, 0.15) is 5.75 Å². The van der Waals surface area contributed by atoms with E-state index in [1.165, 1.54) is 0 Å². The molecule has 2 unspecified atom stereocenters. The standard InChI is InChI=1S/C24H29NO4S/c1-29-20-10-6-8-18(14-20)22-15-23(22)24(26)25-19-9-5-7-17(13-19)16-30(27,28)21-11-3-2-4-12-21/h5-10,13-14,21-23H,2-4,11-12,15-16H2,1H3,(H,25,26). The zero-order valence-electron chi connectivity index (χ0n) is 17.3. The van der Waals surface area contributed by atoms with Crippen LogP contribution in [0.1, 0.15) is 55.6 Å². The molecular formula is C24H29NO4S.